The van der Waals surface area contributed by atoms with Crippen LogP contribution in [0.3, 0.4) is 0 Å². The van der Waals surface area contributed by atoms with Crippen LogP contribution in [0.4, 0.5) is 5.95 Å². The zero-order chi connectivity index (χ0) is 26.2. The van der Waals surface area contributed by atoms with Crippen LogP contribution in [-0.4, -0.2) is 57.1 Å². The molecule has 0 bridgehead atoms. The van der Waals surface area contributed by atoms with Crippen LogP contribution in [0.15, 0.2) is 35.7 Å². The van der Waals surface area contributed by atoms with E-state index >= 15 is 0 Å². The van der Waals surface area contributed by atoms with Gasteiger partial charge in [0, 0.05) is 18.1 Å². The summed E-state index contributed by atoms with van der Waals surface area (Å²) in [7, 11) is 0. The van der Waals surface area contributed by atoms with Crippen LogP contribution in [0.1, 0.15) is 43.4 Å². The van der Waals surface area contributed by atoms with Crippen LogP contribution in [0.25, 0.3) is 0 Å². The number of aromatic nitrogens is 2. The van der Waals surface area contributed by atoms with Gasteiger partial charge in [-0.15, -0.1) is 11.3 Å². The van der Waals surface area contributed by atoms with Crippen LogP contribution < -0.4 is 16.0 Å². The molecule has 12 heteroatoms. The molecule has 0 aliphatic heterocycles. The number of aryl methyl sites for hydroxylation is 3. The number of carboxylic acids is 1. The molecule has 1 unspecified atom stereocenters. The van der Waals surface area contributed by atoms with Crippen LogP contribution in [0.2, 0.25) is 5.02 Å². The van der Waals surface area contributed by atoms with Gasteiger partial charge in [0.15, 0.2) is 0 Å². The summed E-state index contributed by atoms with van der Waals surface area (Å²) in [5.74, 6) is -1.85. The van der Waals surface area contributed by atoms with Crippen molar-refractivity contribution >= 4 is 46.7 Å². The molecule has 0 spiro atoms. The third-order valence-corrected chi connectivity index (χ3v) is 6.49. The number of hydrogen-bond donors (Lipinski definition) is 5. The molecule has 36 heavy (non-hydrogen) atoms. The molecule has 5 N–H and O–H groups in total. The van der Waals surface area contributed by atoms with Crippen molar-refractivity contribution < 1.29 is 24.6 Å². The van der Waals surface area contributed by atoms with Crippen molar-refractivity contribution in [1.82, 2.24) is 20.6 Å². The monoisotopic (exact) mass is 531 g/mol. The van der Waals surface area contributed by atoms with Crippen LogP contribution in [0, 0.1) is 13.8 Å². The normalized spacial score (nSPS) is 11.5. The molecule has 10 nitrogen and oxygen atoms in total. The highest BCUT2D eigenvalue weighted by Gasteiger charge is 2.24. The van der Waals surface area contributed by atoms with Crippen molar-refractivity contribution in [3.8, 4) is 5.75 Å². The average Bonchev–Trinajstić information content (AvgIpc) is 3.36. The maximum Gasteiger partial charge on any atom is 0.328 e. The zero-order valence-corrected chi connectivity index (χ0v) is 21.2. The van der Waals surface area contributed by atoms with Gasteiger partial charge in [-0.1, -0.05) is 17.7 Å². The van der Waals surface area contributed by atoms with Gasteiger partial charge in [-0.3, -0.25) is 9.59 Å². The Bertz CT molecular complexity index is 1230. The molecule has 0 aliphatic carbocycles. The Morgan fingerprint density at radius 3 is 2.47 bits per heavy atom. The first kappa shape index (κ1) is 26.9. The number of rotatable bonds is 11. The van der Waals surface area contributed by atoms with Crippen molar-refractivity contribution in [3.63, 3.8) is 0 Å². The number of nitrogens with one attached hydrogen (secondary N) is 3. The molecule has 3 aromatic rings. The Balaban J connectivity index is 1.57. The van der Waals surface area contributed by atoms with Crippen molar-refractivity contribution in [3.05, 3.63) is 68.1 Å². The Morgan fingerprint density at radius 2 is 1.83 bits per heavy atom. The maximum absolute atomic E-state index is 12.8. The number of aliphatic carboxylic acids is 1. The van der Waals surface area contributed by atoms with Gasteiger partial charge in [-0.2, -0.15) is 0 Å². The van der Waals surface area contributed by atoms with E-state index in [1.165, 1.54) is 17.4 Å². The first-order valence-electron chi connectivity index (χ1n) is 11.1. The minimum absolute atomic E-state index is 0.154. The van der Waals surface area contributed by atoms with Gasteiger partial charge in [0.1, 0.15) is 11.8 Å². The molecule has 0 radical (unpaired) electrons. The lowest BCUT2D eigenvalue weighted by molar-refractivity contribution is -0.139. The second kappa shape index (κ2) is 12.3. The molecule has 2 heterocycles. The highest BCUT2D eigenvalue weighted by Crippen LogP contribution is 2.22. The third-order valence-electron chi connectivity index (χ3n) is 5.25. The van der Waals surface area contributed by atoms with E-state index < -0.39 is 23.8 Å². The van der Waals surface area contributed by atoms with Gasteiger partial charge >= 0.3 is 5.97 Å². The molecular weight excluding hydrogens is 506 g/mol. The number of thiophene rings is 1. The summed E-state index contributed by atoms with van der Waals surface area (Å²) in [6, 6.07) is 6.80. The standard InChI is InChI=1S/C24H26ClN5O5S/c1-13-20(22(33)30-18(23(34)35)12-27-21(32)19-6-4-10-36-19)14(2)29-24(28-13)26-9-3-5-15-11-16(31)7-8-17(15)25/h4,6-8,10-11,18,31H,3,5,9,12H2,1-2H3,(H,27,32)(H,30,33)(H,34,35)(H,26,28,29). The Labute approximate surface area is 216 Å². The fourth-order valence-corrected chi connectivity index (χ4v) is 4.33. The number of carbonyl (C=O) groups excluding carboxylic acids is 2. The first-order chi connectivity index (χ1) is 17.2. The van der Waals surface area contributed by atoms with E-state index in [9.17, 15) is 24.6 Å². The number of carboxylic acid groups (broad SMARTS) is 1. The SMILES string of the molecule is Cc1nc(NCCCc2cc(O)ccc2Cl)nc(C)c1C(=O)NC(CNC(=O)c1cccs1)C(=O)O. The topological polar surface area (TPSA) is 154 Å². The summed E-state index contributed by atoms with van der Waals surface area (Å²) in [5.41, 5.74) is 1.76. The van der Waals surface area contributed by atoms with Gasteiger partial charge in [0.2, 0.25) is 5.95 Å². The second-order valence-corrected chi connectivity index (χ2v) is 9.31. The average molecular weight is 532 g/mol. The molecule has 2 aromatic heterocycles. The number of phenolic OH excluding ortho intramolecular Hbond substituents is 1. The summed E-state index contributed by atoms with van der Waals surface area (Å²) in [6.45, 7) is 3.52. The first-order valence-corrected chi connectivity index (χ1v) is 12.3. The molecule has 1 atom stereocenters. The van der Waals surface area contributed by atoms with Crippen LogP contribution in [-0.2, 0) is 11.2 Å². The van der Waals surface area contributed by atoms with Crippen LogP contribution in [0.5, 0.6) is 5.75 Å². The van der Waals surface area contributed by atoms with Crippen molar-refractivity contribution in [2.75, 3.05) is 18.4 Å². The lowest BCUT2D eigenvalue weighted by Gasteiger charge is -2.17. The van der Waals surface area contributed by atoms with Crippen molar-refractivity contribution in [2.45, 2.75) is 32.7 Å². The van der Waals surface area contributed by atoms with E-state index in [1.54, 1.807) is 43.5 Å². The highest BCUT2D eigenvalue weighted by atomic mass is 35.5. The summed E-state index contributed by atoms with van der Waals surface area (Å²) in [6.07, 6.45) is 1.34. The zero-order valence-electron chi connectivity index (χ0n) is 19.7. The lowest BCUT2D eigenvalue weighted by Crippen LogP contribution is -2.48. The maximum atomic E-state index is 12.8. The summed E-state index contributed by atoms with van der Waals surface area (Å²) in [5, 5.41) is 29.5. The number of benzene rings is 1. The van der Waals surface area contributed by atoms with Crippen molar-refractivity contribution in [1.29, 1.82) is 0 Å². The smallest absolute Gasteiger partial charge is 0.328 e. The Morgan fingerprint density at radius 1 is 1.11 bits per heavy atom. The Hall–Kier alpha value is -3.70. The second-order valence-electron chi connectivity index (χ2n) is 7.95. The largest absolute Gasteiger partial charge is 0.508 e. The number of amides is 2. The minimum Gasteiger partial charge on any atom is -0.508 e. The van der Waals surface area contributed by atoms with Gasteiger partial charge in [0.05, 0.1) is 21.8 Å². The van der Waals surface area contributed by atoms with E-state index in [1.807, 2.05) is 0 Å². The number of halogens is 1. The van der Waals surface area contributed by atoms with Crippen LogP contribution >= 0.6 is 22.9 Å². The molecule has 0 saturated heterocycles. The molecule has 3 rings (SSSR count). The molecule has 190 valence electrons. The fourth-order valence-electron chi connectivity index (χ4n) is 3.48. The Kier molecular flexibility index (Phi) is 9.20. The number of nitrogens with zero attached hydrogens (tertiary/aromatic N) is 2. The van der Waals surface area contributed by atoms with Crippen molar-refractivity contribution in [2.24, 2.45) is 0 Å². The summed E-state index contributed by atoms with van der Waals surface area (Å²) in [4.78, 5) is 45.7. The van der Waals surface area contributed by atoms with E-state index in [2.05, 4.69) is 25.9 Å². The summed E-state index contributed by atoms with van der Waals surface area (Å²) >= 11 is 7.37. The molecule has 1 aromatic carbocycles. The number of phenols is 1. The number of hydrogen-bond acceptors (Lipinski definition) is 8. The molecule has 2 amide bonds. The van der Waals surface area contributed by atoms with Gasteiger partial charge in [-0.05, 0) is 61.9 Å². The number of carbonyl (C=O) groups is 3. The molecule has 0 aliphatic rings. The number of anilines is 1. The quantitative estimate of drug-likeness (QED) is 0.236. The number of aromatic hydroxyl groups is 1. The molecule has 0 fully saturated rings. The molecule has 0 saturated carbocycles. The van der Waals surface area contributed by atoms with Gasteiger partial charge in [0.25, 0.3) is 11.8 Å². The third kappa shape index (κ3) is 7.15. The van der Waals surface area contributed by atoms with E-state index in [0.717, 1.165) is 5.56 Å². The van der Waals surface area contributed by atoms with Gasteiger partial charge in [-0.25, -0.2) is 14.8 Å². The predicted molar refractivity (Wildman–Crippen MR) is 137 cm³/mol. The highest BCUT2D eigenvalue weighted by molar-refractivity contribution is 7.12. The van der Waals surface area contributed by atoms with E-state index in [-0.39, 0.29) is 17.9 Å². The van der Waals surface area contributed by atoms with Gasteiger partial charge < -0.3 is 26.2 Å². The van der Waals surface area contributed by atoms with E-state index in [4.69, 9.17) is 11.6 Å². The summed E-state index contributed by atoms with van der Waals surface area (Å²) < 4.78 is 0. The molecular formula is C24H26ClN5O5S. The lowest BCUT2D eigenvalue weighted by atomic mass is 10.1. The van der Waals surface area contributed by atoms with E-state index in [0.29, 0.717) is 46.6 Å². The predicted octanol–water partition coefficient (Wildman–Crippen LogP) is 3.17. The fraction of sp³-hybridized carbons (Fsp3) is 0.292. The minimum atomic E-state index is -1.33.